The molecule has 0 unspecified atom stereocenters. The molecular weight excluding hydrogens is 639 g/mol. The quantitative estimate of drug-likeness (QED) is 0.175. The first-order chi connectivity index (χ1) is 25.8. The maximum atomic E-state index is 2.57. The van der Waals surface area contributed by atoms with Crippen molar-refractivity contribution >= 4 is 27.8 Å². The van der Waals surface area contributed by atoms with E-state index in [1.165, 1.54) is 88.9 Å². The van der Waals surface area contributed by atoms with Gasteiger partial charge < -0.3 is 4.90 Å². The Labute approximate surface area is 312 Å². The third kappa shape index (κ3) is 4.70. The third-order valence-electron chi connectivity index (χ3n) is 12.0. The van der Waals surface area contributed by atoms with Crippen molar-refractivity contribution in [2.45, 2.75) is 38.5 Å². The monoisotopic (exact) mass is 679 g/mol. The van der Waals surface area contributed by atoms with E-state index in [9.17, 15) is 0 Å². The number of hydrogen-bond acceptors (Lipinski definition) is 1. The zero-order valence-electron chi connectivity index (χ0n) is 30.7. The van der Waals surface area contributed by atoms with Crippen LogP contribution in [-0.4, -0.2) is 0 Å². The van der Waals surface area contributed by atoms with Gasteiger partial charge in [-0.15, -0.1) is 0 Å². The molecule has 0 spiro atoms. The number of benzene rings is 8. The minimum Gasteiger partial charge on any atom is -0.309 e. The minimum atomic E-state index is -0.167. The lowest BCUT2D eigenvalue weighted by atomic mass is 9.80. The average molecular weight is 680 g/mol. The molecular formula is C52H41N. The molecule has 53 heavy (non-hydrogen) atoms. The summed E-state index contributed by atoms with van der Waals surface area (Å²) in [6.07, 6.45) is 0. The Morgan fingerprint density at radius 2 is 0.925 bits per heavy atom. The Balaban J connectivity index is 1.28. The number of rotatable bonds is 5. The molecule has 2 aliphatic carbocycles. The van der Waals surface area contributed by atoms with Crippen molar-refractivity contribution in [1.82, 2.24) is 0 Å². The van der Waals surface area contributed by atoms with Crippen molar-refractivity contribution in [2.75, 3.05) is 4.90 Å². The van der Waals surface area contributed by atoms with Crippen molar-refractivity contribution in [2.24, 2.45) is 0 Å². The maximum absolute atomic E-state index is 2.57. The molecule has 0 amide bonds. The third-order valence-corrected chi connectivity index (χ3v) is 12.0. The van der Waals surface area contributed by atoms with Crippen LogP contribution in [0.1, 0.15) is 49.9 Å². The van der Waals surface area contributed by atoms with E-state index in [-0.39, 0.29) is 10.8 Å². The van der Waals surface area contributed by atoms with Gasteiger partial charge in [0.2, 0.25) is 0 Å². The van der Waals surface area contributed by atoms with E-state index in [1.54, 1.807) is 0 Å². The van der Waals surface area contributed by atoms with E-state index < -0.39 is 0 Å². The molecule has 10 rings (SSSR count). The van der Waals surface area contributed by atoms with Crippen LogP contribution in [0.25, 0.3) is 55.3 Å². The first kappa shape index (κ1) is 31.5. The SMILES string of the molecule is CC1(C)c2ccccc2-c2c(N(c3cccc(-c4cccc(-c5ccccc5)c4)c3)c3cc4ccccc4c4c3-c3ccccc3C4(C)C)cccc21. The minimum absolute atomic E-state index is 0.118. The van der Waals surface area contributed by atoms with Crippen molar-refractivity contribution in [1.29, 1.82) is 0 Å². The van der Waals surface area contributed by atoms with Gasteiger partial charge in [-0.05, 0) is 96.7 Å². The van der Waals surface area contributed by atoms with E-state index in [4.69, 9.17) is 0 Å². The number of fused-ring (bicyclic) bond motifs is 8. The van der Waals surface area contributed by atoms with Crippen LogP contribution < -0.4 is 4.90 Å². The molecule has 0 fully saturated rings. The van der Waals surface area contributed by atoms with Crippen molar-refractivity contribution in [3.63, 3.8) is 0 Å². The fourth-order valence-corrected chi connectivity index (χ4v) is 9.47. The lowest BCUT2D eigenvalue weighted by Crippen LogP contribution is -2.18. The van der Waals surface area contributed by atoms with Gasteiger partial charge in [0, 0.05) is 27.6 Å². The van der Waals surface area contributed by atoms with Crippen LogP contribution in [0.4, 0.5) is 17.1 Å². The predicted molar refractivity (Wildman–Crippen MR) is 225 cm³/mol. The first-order valence-corrected chi connectivity index (χ1v) is 18.8. The van der Waals surface area contributed by atoms with Crippen LogP contribution in [0, 0.1) is 0 Å². The fourth-order valence-electron chi connectivity index (χ4n) is 9.47. The molecule has 8 aromatic rings. The molecule has 0 saturated heterocycles. The highest BCUT2D eigenvalue weighted by atomic mass is 15.1. The lowest BCUT2D eigenvalue weighted by molar-refractivity contribution is 0.660. The highest BCUT2D eigenvalue weighted by Gasteiger charge is 2.41. The summed E-state index contributed by atoms with van der Waals surface area (Å²) in [4.78, 5) is 2.57. The van der Waals surface area contributed by atoms with Crippen LogP contribution in [-0.2, 0) is 10.8 Å². The Kier molecular flexibility index (Phi) is 6.94. The molecule has 0 aliphatic heterocycles. The summed E-state index contributed by atoms with van der Waals surface area (Å²) in [7, 11) is 0. The molecule has 1 heteroatoms. The van der Waals surface area contributed by atoms with Gasteiger partial charge in [0.1, 0.15) is 0 Å². The predicted octanol–water partition coefficient (Wildman–Crippen LogP) is 14.3. The first-order valence-electron chi connectivity index (χ1n) is 18.8. The fraction of sp³-hybridized carbons (Fsp3) is 0.115. The largest absolute Gasteiger partial charge is 0.309 e. The van der Waals surface area contributed by atoms with Crippen LogP contribution in [0.2, 0.25) is 0 Å². The standard InChI is InChI=1S/C52H41N/c1-51(2)43-27-12-10-25-41(43)48-45(51)29-16-30-46(48)53(39-23-15-22-37(32-39)36-21-14-20-35(31-36)34-17-6-5-7-18-34)47-33-38-19-8-9-24-40(38)50-49(47)42-26-11-13-28-44(42)52(50,3)4/h5-33H,1-4H3. The molecule has 1 nitrogen and oxygen atoms in total. The Morgan fingerprint density at radius 3 is 1.70 bits per heavy atom. The molecule has 0 bridgehead atoms. The summed E-state index contributed by atoms with van der Waals surface area (Å²) in [5.41, 5.74) is 18.9. The molecule has 0 heterocycles. The van der Waals surface area contributed by atoms with Crippen LogP contribution in [0.5, 0.6) is 0 Å². The van der Waals surface area contributed by atoms with E-state index in [0.29, 0.717) is 0 Å². The van der Waals surface area contributed by atoms with Gasteiger partial charge in [-0.1, -0.05) is 173 Å². The molecule has 0 saturated carbocycles. The van der Waals surface area contributed by atoms with Crippen molar-refractivity contribution in [3.05, 3.63) is 198 Å². The summed E-state index contributed by atoms with van der Waals surface area (Å²) >= 11 is 0. The average Bonchev–Trinajstić information content (AvgIpc) is 3.59. The van der Waals surface area contributed by atoms with Gasteiger partial charge in [0.15, 0.2) is 0 Å². The molecule has 0 atom stereocenters. The smallest absolute Gasteiger partial charge is 0.0549 e. The van der Waals surface area contributed by atoms with Crippen molar-refractivity contribution in [3.8, 4) is 44.5 Å². The normalized spacial score (nSPS) is 14.3. The van der Waals surface area contributed by atoms with E-state index in [0.717, 1.165) is 5.69 Å². The highest BCUT2D eigenvalue weighted by molar-refractivity contribution is 6.07. The molecule has 0 N–H and O–H groups in total. The van der Waals surface area contributed by atoms with E-state index >= 15 is 0 Å². The summed E-state index contributed by atoms with van der Waals surface area (Å²) < 4.78 is 0. The Bertz CT molecular complexity index is 2730. The maximum Gasteiger partial charge on any atom is 0.0549 e. The van der Waals surface area contributed by atoms with Gasteiger partial charge in [-0.2, -0.15) is 0 Å². The number of anilines is 3. The van der Waals surface area contributed by atoms with Gasteiger partial charge in [0.05, 0.1) is 11.4 Å². The summed E-state index contributed by atoms with van der Waals surface area (Å²) in [6.45, 7) is 9.55. The molecule has 0 radical (unpaired) electrons. The van der Waals surface area contributed by atoms with Gasteiger partial charge in [-0.25, -0.2) is 0 Å². The zero-order chi connectivity index (χ0) is 35.9. The summed E-state index contributed by atoms with van der Waals surface area (Å²) in [5, 5.41) is 2.58. The zero-order valence-corrected chi connectivity index (χ0v) is 30.7. The Morgan fingerprint density at radius 1 is 0.377 bits per heavy atom. The number of hydrogen-bond donors (Lipinski definition) is 0. The summed E-state index contributed by atoms with van der Waals surface area (Å²) in [5.74, 6) is 0. The summed E-state index contributed by atoms with van der Waals surface area (Å²) in [6, 6.07) is 65.2. The van der Waals surface area contributed by atoms with E-state index in [2.05, 4.69) is 209 Å². The number of nitrogens with zero attached hydrogens (tertiary/aromatic N) is 1. The van der Waals surface area contributed by atoms with Gasteiger partial charge in [-0.3, -0.25) is 0 Å². The molecule has 8 aromatic carbocycles. The second-order valence-electron chi connectivity index (χ2n) is 15.7. The second-order valence-corrected chi connectivity index (χ2v) is 15.7. The van der Waals surface area contributed by atoms with Crippen molar-refractivity contribution < 1.29 is 0 Å². The lowest BCUT2D eigenvalue weighted by Gasteiger charge is -2.32. The van der Waals surface area contributed by atoms with Crippen LogP contribution in [0.15, 0.2) is 176 Å². The van der Waals surface area contributed by atoms with Gasteiger partial charge in [0.25, 0.3) is 0 Å². The van der Waals surface area contributed by atoms with Gasteiger partial charge >= 0.3 is 0 Å². The van der Waals surface area contributed by atoms with Crippen LogP contribution in [0.3, 0.4) is 0 Å². The molecule has 2 aliphatic rings. The molecule has 254 valence electrons. The second kappa shape index (κ2) is 11.7. The Hall–Kier alpha value is -6.18. The van der Waals surface area contributed by atoms with Crippen LogP contribution >= 0.6 is 0 Å². The topological polar surface area (TPSA) is 3.24 Å². The molecule has 0 aromatic heterocycles. The highest BCUT2D eigenvalue weighted by Crippen LogP contribution is 2.59. The van der Waals surface area contributed by atoms with E-state index in [1.807, 2.05) is 0 Å².